The van der Waals surface area contributed by atoms with Gasteiger partial charge in [-0.05, 0) is 13.0 Å². The second kappa shape index (κ2) is 7.21. The van der Waals surface area contributed by atoms with Gasteiger partial charge in [0.25, 0.3) is 12.3 Å². The number of hydrogen-bond acceptors (Lipinski definition) is 6. The predicted molar refractivity (Wildman–Crippen MR) is 101 cm³/mol. The molecule has 4 heterocycles. The number of rotatable bonds is 4. The van der Waals surface area contributed by atoms with Crippen LogP contribution in [0.3, 0.4) is 0 Å². The number of aromatic nitrogens is 5. The van der Waals surface area contributed by atoms with Crippen LogP contribution in [-0.2, 0) is 0 Å². The molecule has 0 spiro atoms. The number of carbonyl (C=O) groups is 1. The second-order valence-corrected chi connectivity index (χ2v) is 7.00. The first-order chi connectivity index (χ1) is 13.4. The fourth-order valence-corrected chi connectivity index (χ4v) is 3.57. The van der Waals surface area contributed by atoms with E-state index in [2.05, 4.69) is 25.4 Å². The van der Waals surface area contributed by atoms with Gasteiger partial charge in [0.2, 0.25) is 0 Å². The van der Waals surface area contributed by atoms with Crippen LogP contribution in [0.4, 0.5) is 8.78 Å². The van der Waals surface area contributed by atoms with E-state index < -0.39 is 12.3 Å². The number of thiazole rings is 1. The van der Waals surface area contributed by atoms with E-state index in [4.69, 9.17) is 11.6 Å². The zero-order valence-electron chi connectivity index (χ0n) is 14.2. The molecule has 1 amide bonds. The molecule has 0 unspecified atom stereocenters. The van der Waals surface area contributed by atoms with E-state index in [1.54, 1.807) is 18.4 Å². The smallest absolute Gasteiger partial charge is 0.267 e. The molecule has 0 atom stereocenters. The molecule has 142 valence electrons. The minimum Gasteiger partial charge on any atom is -0.267 e. The summed E-state index contributed by atoms with van der Waals surface area (Å²) < 4.78 is 27.8. The minimum atomic E-state index is -2.70. The van der Waals surface area contributed by atoms with E-state index in [1.165, 1.54) is 40.8 Å². The van der Waals surface area contributed by atoms with Crippen molar-refractivity contribution in [3.8, 4) is 10.8 Å². The Kier molecular flexibility index (Phi) is 4.73. The molecule has 7 nitrogen and oxygen atoms in total. The lowest BCUT2D eigenvalue weighted by atomic mass is 10.2. The Hall–Kier alpha value is -2.98. The number of nitrogens with one attached hydrogen (secondary N) is 1. The summed E-state index contributed by atoms with van der Waals surface area (Å²) in [5.41, 5.74) is 3.40. The highest BCUT2D eigenvalue weighted by atomic mass is 35.5. The Labute approximate surface area is 166 Å². The number of amides is 1. The Bertz CT molecular complexity index is 1190. The molecule has 0 aliphatic heterocycles. The summed E-state index contributed by atoms with van der Waals surface area (Å²) in [6.07, 6.45) is 2.64. The first-order valence-electron chi connectivity index (χ1n) is 7.93. The monoisotopic (exact) mass is 420 g/mol. The Morgan fingerprint density at radius 1 is 1.32 bits per heavy atom. The molecule has 0 saturated carbocycles. The Morgan fingerprint density at radius 2 is 2.14 bits per heavy atom. The van der Waals surface area contributed by atoms with Crippen molar-refractivity contribution in [1.82, 2.24) is 24.6 Å². The van der Waals surface area contributed by atoms with Gasteiger partial charge in [0, 0.05) is 41.1 Å². The zero-order chi connectivity index (χ0) is 19.8. The lowest BCUT2D eigenvalue weighted by Gasteiger charge is -2.09. The molecule has 0 fully saturated rings. The standard InChI is InChI=1S/C17H11ClF2N6OS/c1-8-9(5-22-15(23-8)17-24-13(18)7-28-17)16(27)25-26-6-11(14(19)20)10-4-21-3-2-12(10)26/h2-7,14H,1H3,(H,25,27). The minimum absolute atomic E-state index is 0.209. The molecule has 0 aliphatic rings. The molecule has 0 radical (unpaired) electrons. The van der Waals surface area contributed by atoms with Crippen molar-refractivity contribution in [2.24, 2.45) is 0 Å². The van der Waals surface area contributed by atoms with Gasteiger partial charge in [-0.15, -0.1) is 11.3 Å². The number of halogens is 3. The van der Waals surface area contributed by atoms with Crippen LogP contribution in [0.5, 0.6) is 0 Å². The van der Waals surface area contributed by atoms with E-state index in [9.17, 15) is 13.6 Å². The van der Waals surface area contributed by atoms with Crippen molar-refractivity contribution in [2.75, 3.05) is 5.43 Å². The Morgan fingerprint density at radius 3 is 2.82 bits per heavy atom. The molecule has 0 bridgehead atoms. The van der Waals surface area contributed by atoms with Crippen LogP contribution in [0.25, 0.3) is 21.7 Å². The third-order valence-electron chi connectivity index (χ3n) is 3.99. The molecular weight excluding hydrogens is 410 g/mol. The summed E-state index contributed by atoms with van der Waals surface area (Å²) in [6.45, 7) is 1.65. The van der Waals surface area contributed by atoms with Gasteiger partial charge in [0.15, 0.2) is 10.8 Å². The van der Waals surface area contributed by atoms with E-state index in [-0.39, 0.29) is 16.5 Å². The van der Waals surface area contributed by atoms with E-state index >= 15 is 0 Å². The van der Waals surface area contributed by atoms with Crippen LogP contribution in [0.2, 0.25) is 5.15 Å². The van der Waals surface area contributed by atoms with Crippen LogP contribution in [0, 0.1) is 6.92 Å². The quantitative estimate of drug-likeness (QED) is 0.534. The van der Waals surface area contributed by atoms with Crippen molar-refractivity contribution in [3.63, 3.8) is 0 Å². The largest absolute Gasteiger partial charge is 0.273 e. The average Bonchev–Trinajstić information content (AvgIpc) is 3.26. The zero-order valence-corrected chi connectivity index (χ0v) is 15.8. The van der Waals surface area contributed by atoms with Gasteiger partial charge in [0.05, 0.1) is 16.8 Å². The second-order valence-electron chi connectivity index (χ2n) is 5.76. The van der Waals surface area contributed by atoms with Gasteiger partial charge in [-0.1, -0.05) is 11.6 Å². The predicted octanol–water partition coefficient (Wildman–Crippen LogP) is 4.23. The van der Waals surface area contributed by atoms with Gasteiger partial charge >= 0.3 is 0 Å². The normalized spacial score (nSPS) is 11.3. The summed E-state index contributed by atoms with van der Waals surface area (Å²) in [6, 6.07) is 1.54. The van der Waals surface area contributed by atoms with Crippen LogP contribution in [0.15, 0.2) is 36.2 Å². The van der Waals surface area contributed by atoms with Crippen LogP contribution in [-0.4, -0.2) is 30.5 Å². The molecule has 4 aromatic heterocycles. The number of alkyl halides is 2. The van der Waals surface area contributed by atoms with Gasteiger partial charge in [0.1, 0.15) is 5.15 Å². The molecule has 0 aliphatic carbocycles. The fourth-order valence-electron chi connectivity index (χ4n) is 2.68. The van der Waals surface area contributed by atoms with E-state index in [0.717, 1.165) is 0 Å². The lowest BCUT2D eigenvalue weighted by molar-refractivity contribution is 0.101. The van der Waals surface area contributed by atoms with Crippen molar-refractivity contribution in [1.29, 1.82) is 0 Å². The summed E-state index contributed by atoms with van der Waals surface area (Å²) in [5, 5.41) is 2.79. The number of aryl methyl sites for hydroxylation is 1. The molecule has 0 saturated heterocycles. The highest BCUT2D eigenvalue weighted by Crippen LogP contribution is 2.28. The molecule has 4 aromatic rings. The van der Waals surface area contributed by atoms with Crippen LogP contribution in [0.1, 0.15) is 28.0 Å². The van der Waals surface area contributed by atoms with Gasteiger partial charge in [-0.2, -0.15) is 0 Å². The summed E-state index contributed by atoms with van der Waals surface area (Å²) in [5.74, 6) is -0.181. The number of fused-ring (bicyclic) bond motifs is 1. The first kappa shape index (κ1) is 18.4. The SMILES string of the molecule is Cc1nc(-c2nc(Cl)cs2)ncc1C(=O)Nn1cc(C(F)F)c2cnccc21. The van der Waals surface area contributed by atoms with Crippen molar-refractivity contribution in [3.05, 3.63) is 58.2 Å². The lowest BCUT2D eigenvalue weighted by Crippen LogP contribution is -2.23. The van der Waals surface area contributed by atoms with Crippen molar-refractivity contribution < 1.29 is 13.6 Å². The summed E-state index contributed by atoms with van der Waals surface area (Å²) in [4.78, 5) is 29.1. The summed E-state index contributed by atoms with van der Waals surface area (Å²) in [7, 11) is 0. The van der Waals surface area contributed by atoms with Crippen LogP contribution < -0.4 is 5.43 Å². The first-order valence-corrected chi connectivity index (χ1v) is 9.19. The van der Waals surface area contributed by atoms with Crippen LogP contribution >= 0.6 is 22.9 Å². The highest BCUT2D eigenvalue weighted by molar-refractivity contribution is 7.13. The summed E-state index contributed by atoms with van der Waals surface area (Å²) >= 11 is 7.10. The van der Waals surface area contributed by atoms with Gasteiger partial charge in [-0.3, -0.25) is 19.9 Å². The molecule has 0 aromatic carbocycles. The maximum atomic E-state index is 13.3. The maximum absolute atomic E-state index is 13.3. The topological polar surface area (TPSA) is 85.6 Å². The Balaban J connectivity index is 1.65. The average molecular weight is 421 g/mol. The van der Waals surface area contributed by atoms with E-state index in [0.29, 0.717) is 27.2 Å². The maximum Gasteiger partial charge on any atom is 0.273 e. The third-order valence-corrected chi connectivity index (χ3v) is 5.15. The molecule has 4 rings (SSSR count). The fraction of sp³-hybridized carbons (Fsp3) is 0.118. The van der Waals surface area contributed by atoms with Gasteiger partial charge in [-0.25, -0.2) is 23.7 Å². The molecular formula is C17H11ClF2N6OS. The van der Waals surface area contributed by atoms with Crippen molar-refractivity contribution in [2.45, 2.75) is 13.3 Å². The highest BCUT2D eigenvalue weighted by Gasteiger charge is 2.19. The number of carbonyl (C=O) groups excluding carboxylic acids is 1. The molecule has 28 heavy (non-hydrogen) atoms. The number of pyridine rings is 1. The molecule has 1 N–H and O–H groups in total. The third kappa shape index (κ3) is 3.32. The van der Waals surface area contributed by atoms with Gasteiger partial charge < -0.3 is 0 Å². The number of hydrogen-bond donors (Lipinski definition) is 1. The van der Waals surface area contributed by atoms with Crippen molar-refractivity contribution >= 4 is 39.7 Å². The number of nitrogens with zero attached hydrogens (tertiary/aromatic N) is 5. The van der Waals surface area contributed by atoms with E-state index in [1.807, 2.05) is 0 Å². The molecule has 11 heteroatoms.